The van der Waals surface area contributed by atoms with Crippen LogP contribution in [-0.2, 0) is 17.6 Å². The van der Waals surface area contributed by atoms with Crippen molar-refractivity contribution in [2.45, 2.75) is 51.9 Å². The van der Waals surface area contributed by atoms with Crippen molar-refractivity contribution in [2.75, 3.05) is 17.3 Å². The summed E-state index contributed by atoms with van der Waals surface area (Å²) < 4.78 is 5.37. The topological polar surface area (TPSA) is 26.3 Å². The summed E-state index contributed by atoms with van der Waals surface area (Å²) in [5.74, 6) is 10.5. The molecule has 2 aromatic carbocycles. The van der Waals surface area contributed by atoms with E-state index >= 15 is 0 Å². The Morgan fingerprint density at radius 3 is 2.66 bits per heavy atom. The normalized spacial score (nSPS) is 20.0. The van der Waals surface area contributed by atoms with Gasteiger partial charge in [0, 0.05) is 17.4 Å². The Balaban J connectivity index is 2.00. The molecule has 154 valence electrons. The number of carbonyl (C=O) groups excluding carboxylic acids is 1. The second kappa shape index (κ2) is 9.78. The van der Waals surface area contributed by atoms with Gasteiger partial charge in [0.1, 0.15) is 5.75 Å². The highest BCUT2D eigenvalue weighted by atomic mass is 33.2. The second-order valence-corrected chi connectivity index (χ2v) is 13.6. The molecule has 1 aliphatic rings. The van der Waals surface area contributed by atoms with Crippen molar-refractivity contribution in [3.05, 3.63) is 58.7 Å². The Bertz CT molecular complexity index is 955. The fourth-order valence-electron chi connectivity index (χ4n) is 3.80. The lowest BCUT2D eigenvalue weighted by Crippen LogP contribution is -2.14. The minimum atomic E-state index is -0.806. The van der Waals surface area contributed by atoms with E-state index in [0.717, 1.165) is 23.3 Å². The lowest BCUT2D eigenvalue weighted by Gasteiger charge is -2.43. The zero-order valence-corrected chi connectivity index (χ0v) is 19.5. The van der Waals surface area contributed by atoms with Crippen LogP contribution in [0.4, 0.5) is 0 Å². The maximum Gasteiger partial charge on any atom is 0.308 e. The molecule has 0 aromatic heterocycles. The molecule has 3 rings (SSSR count). The van der Waals surface area contributed by atoms with Gasteiger partial charge in [0.25, 0.3) is 0 Å². The SMILES string of the molecule is CCSS1(CC)CCCc2ccc(C#Cc3cc(CC)ccc3OC(C)=O)cc21. The van der Waals surface area contributed by atoms with Gasteiger partial charge in [-0.2, -0.15) is 9.06 Å². The van der Waals surface area contributed by atoms with Gasteiger partial charge in [-0.05, 0) is 71.9 Å². The predicted octanol–water partition coefficient (Wildman–Crippen LogP) is 6.37. The first kappa shape index (κ1) is 21.9. The first-order chi connectivity index (χ1) is 14.0. The van der Waals surface area contributed by atoms with E-state index in [0.29, 0.717) is 5.75 Å². The summed E-state index contributed by atoms with van der Waals surface area (Å²) in [6, 6.07) is 12.6. The standard InChI is InChI=1S/C25H30O2S2/c1-5-20-12-15-24(27-19(4)26)23(17-20)14-11-21-10-13-22-9-8-16-29(7-3,28-6-2)25(22)18-21/h10,12-13,15,17-18H,5-9,16H2,1-4H3. The third kappa shape index (κ3) is 5.02. The van der Waals surface area contributed by atoms with E-state index < -0.39 is 9.06 Å². The van der Waals surface area contributed by atoms with Gasteiger partial charge in [0.15, 0.2) is 0 Å². The van der Waals surface area contributed by atoms with E-state index in [-0.39, 0.29) is 5.97 Å². The first-order valence-electron chi connectivity index (χ1n) is 10.4. The van der Waals surface area contributed by atoms with Gasteiger partial charge in [0.05, 0.1) is 5.56 Å². The van der Waals surface area contributed by atoms with Crippen molar-refractivity contribution in [1.29, 1.82) is 0 Å². The molecule has 0 aliphatic carbocycles. The van der Waals surface area contributed by atoms with Gasteiger partial charge in [-0.25, -0.2) is 0 Å². The number of ether oxygens (including phenoxy) is 1. The van der Waals surface area contributed by atoms with Crippen molar-refractivity contribution in [3.8, 4) is 17.6 Å². The molecule has 1 heterocycles. The molecular weight excluding hydrogens is 396 g/mol. The average Bonchev–Trinajstić information content (AvgIpc) is 2.73. The zero-order chi connectivity index (χ0) is 20.9. The number of benzene rings is 2. The van der Waals surface area contributed by atoms with Crippen LogP contribution in [0.5, 0.6) is 5.75 Å². The maximum atomic E-state index is 11.5. The largest absolute Gasteiger partial charge is 0.425 e. The summed E-state index contributed by atoms with van der Waals surface area (Å²) >= 11 is 0. The van der Waals surface area contributed by atoms with Crippen LogP contribution in [0.2, 0.25) is 0 Å². The van der Waals surface area contributed by atoms with Gasteiger partial charge >= 0.3 is 5.97 Å². The highest BCUT2D eigenvalue weighted by Gasteiger charge is 2.30. The number of aryl methyl sites for hydroxylation is 2. The van der Waals surface area contributed by atoms with Gasteiger partial charge in [-0.3, -0.25) is 4.79 Å². The highest BCUT2D eigenvalue weighted by molar-refractivity contribution is 8.94. The molecule has 0 bridgehead atoms. The van der Waals surface area contributed by atoms with Crippen LogP contribution < -0.4 is 4.74 Å². The fourth-order valence-corrected chi connectivity index (χ4v) is 10.5. The van der Waals surface area contributed by atoms with E-state index in [9.17, 15) is 4.79 Å². The summed E-state index contributed by atoms with van der Waals surface area (Å²) in [6.45, 7) is 8.14. The highest BCUT2D eigenvalue weighted by Crippen LogP contribution is 2.68. The molecule has 0 spiro atoms. The molecule has 0 saturated carbocycles. The monoisotopic (exact) mass is 426 g/mol. The van der Waals surface area contributed by atoms with Gasteiger partial charge in [-0.15, -0.1) is 10.8 Å². The Morgan fingerprint density at radius 1 is 1.14 bits per heavy atom. The quantitative estimate of drug-likeness (QED) is 0.240. The van der Waals surface area contributed by atoms with Crippen LogP contribution >= 0.6 is 19.9 Å². The average molecular weight is 427 g/mol. The Hall–Kier alpha value is -1.83. The third-order valence-electron chi connectivity index (χ3n) is 5.25. The van der Waals surface area contributed by atoms with Crippen LogP contribution in [0.25, 0.3) is 0 Å². The minimum Gasteiger partial charge on any atom is -0.425 e. The summed E-state index contributed by atoms with van der Waals surface area (Å²) in [5, 5.41) is 0. The molecular formula is C25H30O2S2. The van der Waals surface area contributed by atoms with Gasteiger partial charge in [0.2, 0.25) is 0 Å². The smallest absolute Gasteiger partial charge is 0.308 e. The van der Waals surface area contributed by atoms with Crippen LogP contribution in [0.3, 0.4) is 0 Å². The number of hydrogen-bond acceptors (Lipinski definition) is 3. The Morgan fingerprint density at radius 2 is 1.97 bits per heavy atom. The molecule has 1 unspecified atom stereocenters. The first-order valence-corrected chi connectivity index (χ1v) is 13.9. The lowest BCUT2D eigenvalue weighted by atomic mass is 10.1. The minimum absolute atomic E-state index is 0.320. The molecule has 1 atom stereocenters. The second-order valence-electron chi connectivity index (χ2n) is 7.16. The Labute approximate surface area is 180 Å². The maximum absolute atomic E-state index is 11.5. The van der Waals surface area contributed by atoms with E-state index in [1.165, 1.54) is 42.4 Å². The molecule has 0 fully saturated rings. The summed E-state index contributed by atoms with van der Waals surface area (Å²) in [7, 11) is 1.35. The number of rotatable bonds is 5. The number of fused-ring (bicyclic) bond motifs is 1. The number of carbonyl (C=O) groups is 1. The summed E-state index contributed by atoms with van der Waals surface area (Å²) in [4.78, 5) is 13.0. The van der Waals surface area contributed by atoms with Crippen molar-refractivity contribution < 1.29 is 9.53 Å². The van der Waals surface area contributed by atoms with Crippen molar-refractivity contribution in [3.63, 3.8) is 0 Å². The Kier molecular flexibility index (Phi) is 7.38. The van der Waals surface area contributed by atoms with Gasteiger partial charge in [-0.1, -0.05) is 44.7 Å². The zero-order valence-electron chi connectivity index (χ0n) is 17.8. The number of esters is 1. The molecule has 0 amide bonds. The number of hydrogen-bond donors (Lipinski definition) is 0. The molecule has 0 N–H and O–H groups in total. The van der Waals surface area contributed by atoms with E-state index in [2.05, 4.69) is 61.6 Å². The summed E-state index contributed by atoms with van der Waals surface area (Å²) in [6.07, 6.45) is 3.39. The molecule has 2 aromatic rings. The van der Waals surface area contributed by atoms with Crippen molar-refractivity contribution >= 4 is 25.8 Å². The molecule has 1 aliphatic heterocycles. The molecule has 4 heteroatoms. The van der Waals surface area contributed by atoms with Crippen LogP contribution in [0.1, 0.15) is 56.4 Å². The van der Waals surface area contributed by atoms with Crippen molar-refractivity contribution in [2.24, 2.45) is 0 Å². The van der Waals surface area contributed by atoms with Crippen LogP contribution in [0.15, 0.2) is 41.3 Å². The van der Waals surface area contributed by atoms with Gasteiger partial charge < -0.3 is 4.74 Å². The summed E-state index contributed by atoms with van der Waals surface area (Å²) in [5.41, 5.74) is 4.51. The van der Waals surface area contributed by atoms with Crippen LogP contribution in [-0.4, -0.2) is 23.2 Å². The lowest BCUT2D eigenvalue weighted by molar-refractivity contribution is -0.131. The van der Waals surface area contributed by atoms with E-state index in [1.807, 2.05) is 18.2 Å². The molecule has 0 radical (unpaired) electrons. The van der Waals surface area contributed by atoms with Crippen molar-refractivity contribution in [1.82, 2.24) is 0 Å². The van der Waals surface area contributed by atoms with Crippen LogP contribution in [0, 0.1) is 11.8 Å². The third-order valence-corrected chi connectivity index (χ3v) is 12.8. The molecule has 0 saturated heterocycles. The predicted molar refractivity (Wildman–Crippen MR) is 127 cm³/mol. The van der Waals surface area contributed by atoms with E-state index in [4.69, 9.17) is 4.74 Å². The molecule has 2 nitrogen and oxygen atoms in total. The molecule has 29 heavy (non-hydrogen) atoms. The fraction of sp³-hybridized carbons (Fsp3) is 0.400. The van der Waals surface area contributed by atoms with E-state index in [1.54, 1.807) is 4.90 Å².